The van der Waals surface area contributed by atoms with E-state index >= 15 is 0 Å². The molecule has 0 spiro atoms. The average Bonchev–Trinajstić information content (AvgIpc) is 2.44. The molecule has 0 aliphatic carbocycles. The summed E-state index contributed by atoms with van der Waals surface area (Å²) in [4.78, 5) is 33.5. The van der Waals surface area contributed by atoms with Gasteiger partial charge in [-0.05, 0) is 5.56 Å². The first-order valence-corrected chi connectivity index (χ1v) is 6.04. The van der Waals surface area contributed by atoms with Crippen molar-refractivity contribution in [3.8, 4) is 0 Å². The van der Waals surface area contributed by atoms with Crippen molar-refractivity contribution in [3.63, 3.8) is 0 Å². The Morgan fingerprint density at radius 3 is 2.40 bits per heavy atom. The van der Waals surface area contributed by atoms with Crippen molar-refractivity contribution in [3.05, 3.63) is 35.9 Å². The molecule has 0 saturated heterocycles. The van der Waals surface area contributed by atoms with E-state index in [9.17, 15) is 14.4 Å². The second kappa shape index (κ2) is 7.78. The molecule has 108 valence electrons. The number of nitrogens with one attached hydrogen (secondary N) is 3. The quantitative estimate of drug-likeness (QED) is 0.598. The molecule has 0 aliphatic rings. The van der Waals surface area contributed by atoms with Crippen LogP contribution in [0.15, 0.2) is 30.3 Å². The van der Waals surface area contributed by atoms with Gasteiger partial charge in [-0.3, -0.25) is 9.59 Å². The Morgan fingerprint density at radius 2 is 1.85 bits per heavy atom. The van der Waals surface area contributed by atoms with Crippen LogP contribution in [0.4, 0.5) is 4.79 Å². The Bertz CT molecular complexity index is 476. The average molecular weight is 279 g/mol. The molecule has 7 heteroatoms. The number of likely N-dealkylation sites (N-methyl/N-ethyl adjacent to an activating group) is 1. The number of carboxylic acids is 1. The van der Waals surface area contributed by atoms with E-state index in [1.807, 2.05) is 0 Å². The predicted octanol–water partition coefficient (Wildman–Crippen LogP) is 0.248. The summed E-state index contributed by atoms with van der Waals surface area (Å²) >= 11 is 0. The highest BCUT2D eigenvalue weighted by Crippen LogP contribution is 2.16. The Balaban J connectivity index is 2.63. The second-order valence-electron chi connectivity index (χ2n) is 4.06. The first-order chi connectivity index (χ1) is 9.52. The third kappa shape index (κ3) is 5.38. The maximum atomic E-state index is 11.6. The molecular formula is C13H17N3O4. The highest BCUT2D eigenvalue weighted by atomic mass is 16.4. The van der Waals surface area contributed by atoms with Gasteiger partial charge in [-0.1, -0.05) is 30.3 Å². The Morgan fingerprint density at radius 1 is 1.20 bits per heavy atom. The number of hydrogen-bond acceptors (Lipinski definition) is 3. The molecule has 1 aromatic rings. The van der Waals surface area contributed by atoms with Crippen molar-refractivity contribution in [2.45, 2.75) is 12.5 Å². The lowest BCUT2D eigenvalue weighted by Gasteiger charge is -2.17. The number of carbonyl (C=O) groups is 3. The van der Waals surface area contributed by atoms with E-state index in [1.54, 1.807) is 30.3 Å². The van der Waals surface area contributed by atoms with Crippen LogP contribution in [0.1, 0.15) is 18.0 Å². The Hall–Kier alpha value is -2.57. The van der Waals surface area contributed by atoms with Crippen molar-refractivity contribution < 1.29 is 19.5 Å². The van der Waals surface area contributed by atoms with E-state index in [2.05, 4.69) is 16.0 Å². The predicted molar refractivity (Wildman–Crippen MR) is 72.0 cm³/mol. The molecule has 0 radical (unpaired) electrons. The molecule has 0 heterocycles. The molecular weight excluding hydrogens is 262 g/mol. The van der Waals surface area contributed by atoms with E-state index in [-0.39, 0.29) is 18.9 Å². The van der Waals surface area contributed by atoms with Gasteiger partial charge >= 0.3 is 12.0 Å². The Labute approximate surface area is 116 Å². The van der Waals surface area contributed by atoms with E-state index in [0.717, 1.165) is 0 Å². The zero-order chi connectivity index (χ0) is 15.0. The standard InChI is InChI=1S/C13H17N3O4/c1-14-11(17)8-15-13(20)16-10(7-12(18)19)9-5-3-2-4-6-9/h2-6,10H,7-8H2,1H3,(H,14,17)(H,18,19)(H2,15,16,20). The highest BCUT2D eigenvalue weighted by Gasteiger charge is 2.17. The van der Waals surface area contributed by atoms with Crippen LogP contribution in [-0.2, 0) is 9.59 Å². The second-order valence-corrected chi connectivity index (χ2v) is 4.06. The first kappa shape index (κ1) is 15.5. The summed E-state index contributed by atoms with van der Waals surface area (Å²) in [7, 11) is 1.46. The third-order valence-corrected chi connectivity index (χ3v) is 2.57. The molecule has 0 aliphatic heterocycles. The van der Waals surface area contributed by atoms with Gasteiger partial charge in [0.05, 0.1) is 19.0 Å². The number of hydrogen-bond donors (Lipinski definition) is 4. The molecule has 4 N–H and O–H groups in total. The zero-order valence-electron chi connectivity index (χ0n) is 11.1. The van der Waals surface area contributed by atoms with Gasteiger partial charge in [0.15, 0.2) is 0 Å². The van der Waals surface area contributed by atoms with Gasteiger partial charge < -0.3 is 21.1 Å². The van der Waals surface area contributed by atoms with Crippen molar-refractivity contribution in [2.24, 2.45) is 0 Å². The summed E-state index contributed by atoms with van der Waals surface area (Å²) in [6, 6.07) is 7.52. The van der Waals surface area contributed by atoms with Gasteiger partial charge in [-0.2, -0.15) is 0 Å². The fraction of sp³-hybridized carbons (Fsp3) is 0.308. The third-order valence-electron chi connectivity index (χ3n) is 2.57. The Kier molecular flexibility index (Phi) is 6.02. The minimum Gasteiger partial charge on any atom is -0.481 e. The van der Waals surface area contributed by atoms with Crippen LogP contribution in [0.2, 0.25) is 0 Å². The zero-order valence-corrected chi connectivity index (χ0v) is 11.1. The number of carboxylic acid groups (broad SMARTS) is 1. The lowest BCUT2D eigenvalue weighted by molar-refractivity contribution is -0.137. The normalized spacial score (nSPS) is 11.2. The number of aliphatic carboxylic acids is 1. The molecule has 0 saturated carbocycles. The maximum absolute atomic E-state index is 11.6. The van der Waals surface area contributed by atoms with Crippen LogP contribution in [0, 0.1) is 0 Å². The number of rotatable bonds is 6. The van der Waals surface area contributed by atoms with E-state index < -0.39 is 18.0 Å². The molecule has 1 aromatic carbocycles. The molecule has 0 bridgehead atoms. The molecule has 1 rings (SSSR count). The maximum Gasteiger partial charge on any atom is 0.315 e. The van der Waals surface area contributed by atoms with E-state index in [0.29, 0.717) is 5.56 Å². The van der Waals surface area contributed by atoms with Gasteiger partial charge in [0.2, 0.25) is 5.91 Å². The smallest absolute Gasteiger partial charge is 0.315 e. The van der Waals surface area contributed by atoms with Gasteiger partial charge in [0.1, 0.15) is 0 Å². The van der Waals surface area contributed by atoms with Crippen molar-refractivity contribution in [1.29, 1.82) is 0 Å². The summed E-state index contributed by atoms with van der Waals surface area (Å²) in [5.41, 5.74) is 0.685. The summed E-state index contributed by atoms with van der Waals surface area (Å²) in [6.07, 6.45) is -0.239. The van der Waals surface area contributed by atoms with Gasteiger partial charge in [0.25, 0.3) is 0 Å². The first-order valence-electron chi connectivity index (χ1n) is 6.04. The van der Waals surface area contributed by atoms with Crippen LogP contribution in [0.5, 0.6) is 0 Å². The minimum absolute atomic E-state index is 0.170. The summed E-state index contributed by atoms with van der Waals surface area (Å²) < 4.78 is 0. The summed E-state index contributed by atoms with van der Waals surface area (Å²) in [5, 5.41) is 16.1. The largest absolute Gasteiger partial charge is 0.481 e. The van der Waals surface area contributed by atoms with E-state index in [4.69, 9.17) is 5.11 Å². The molecule has 0 fully saturated rings. The fourth-order valence-electron chi connectivity index (χ4n) is 1.57. The molecule has 20 heavy (non-hydrogen) atoms. The van der Waals surface area contributed by atoms with Crippen molar-refractivity contribution in [1.82, 2.24) is 16.0 Å². The van der Waals surface area contributed by atoms with Crippen molar-refractivity contribution in [2.75, 3.05) is 13.6 Å². The molecule has 1 atom stereocenters. The number of urea groups is 1. The van der Waals surface area contributed by atoms with Crippen molar-refractivity contribution >= 4 is 17.9 Å². The SMILES string of the molecule is CNC(=O)CNC(=O)NC(CC(=O)O)c1ccccc1. The molecule has 0 aromatic heterocycles. The van der Waals surface area contributed by atoms with Crippen LogP contribution >= 0.6 is 0 Å². The lowest BCUT2D eigenvalue weighted by Crippen LogP contribution is -2.43. The van der Waals surface area contributed by atoms with Crippen LogP contribution in [-0.4, -0.2) is 36.6 Å². The molecule has 7 nitrogen and oxygen atoms in total. The summed E-state index contributed by atoms with van der Waals surface area (Å²) in [6.45, 7) is -0.170. The monoisotopic (exact) mass is 279 g/mol. The van der Waals surface area contributed by atoms with Gasteiger partial charge in [-0.25, -0.2) is 4.79 Å². The van der Waals surface area contributed by atoms with Gasteiger partial charge in [-0.15, -0.1) is 0 Å². The number of carbonyl (C=O) groups excluding carboxylic acids is 2. The molecule has 3 amide bonds. The van der Waals surface area contributed by atoms with Gasteiger partial charge in [0, 0.05) is 7.05 Å². The highest BCUT2D eigenvalue weighted by molar-refractivity contribution is 5.84. The van der Waals surface area contributed by atoms with Crippen LogP contribution < -0.4 is 16.0 Å². The topological polar surface area (TPSA) is 108 Å². The number of benzene rings is 1. The van der Waals surface area contributed by atoms with Crippen LogP contribution in [0.25, 0.3) is 0 Å². The van der Waals surface area contributed by atoms with Crippen LogP contribution in [0.3, 0.4) is 0 Å². The fourth-order valence-corrected chi connectivity index (χ4v) is 1.57. The molecule has 1 unspecified atom stereocenters. The number of amides is 3. The van der Waals surface area contributed by atoms with E-state index in [1.165, 1.54) is 7.05 Å². The lowest BCUT2D eigenvalue weighted by atomic mass is 10.0. The summed E-state index contributed by atoms with van der Waals surface area (Å²) in [5.74, 6) is -1.36. The minimum atomic E-state index is -1.02.